The summed E-state index contributed by atoms with van der Waals surface area (Å²) in [6.45, 7) is 1.82. The van der Waals surface area contributed by atoms with Crippen molar-refractivity contribution in [1.29, 1.82) is 0 Å². The number of aryl methyl sites for hydroxylation is 1. The summed E-state index contributed by atoms with van der Waals surface area (Å²) in [6, 6.07) is 11.4. The van der Waals surface area contributed by atoms with Crippen molar-refractivity contribution in [3.63, 3.8) is 0 Å². The summed E-state index contributed by atoms with van der Waals surface area (Å²) in [6.07, 6.45) is -6.20. The molecule has 2 aromatic rings. The van der Waals surface area contributed by atoms with Crippen molar-refractivity contribution in [2.24, 2.45) is 0 Å². The van der Waals surface area contributed by atoms with Crippen LogP contribution >= 0.6 is 0 Å². The molecule has 0 aliphatic heterocycles. The van der Waals surface area contributed by atoms with Gasteiger partial charge in [0.05, 0.1) is 5.69 Å². The number of nitrogens with one attached hydrogen (secondary N) is 1. The smallest absolute Gasteiger partial charge is 0.475 e. The largest absolute Gasteiger partial charge is 0.490 e. The number of benzene rings is 2. The maximum Gasteiger partial charge on any atom is 0.490 e. The first-order chi connectivity index (χ1) is 11.5. The van der Waals surface area contributed by atoms with Gasteiger partial charge in [-0.2, -0.15) is 13.2 Å². The van der Waals surface area contributed by atoms with Gasteiger partial charge in [0.25, 0.3) is 0 Å². The van der Waals surface area contributed by atoms with E-state index in [1.165, 1.54) is 12.1 Å². The number of aliphatic carboxylic acids is 1. The molecule has 0 heterocycles. The second-order valence-corrected chi connectivity index (χ2v) is 4.74. The Morgan fingerprint density at radius 1 is 1.00 bits per heavy atom. The second-order valence-electron chi connectivity index (χ2n) is 4.74. The number of rotatable bonds is 2. The van der Waals surface area contributed by atoms with Gasteiger partial charge in [-0.15, -0.1) is 0 Å². The molecule has 25 heavy (non-hydrogen) atoms. The van der Waals surface area contributed by atoms with Crippen LogP contribution in [-0.2, 0) is 4.79 Å². The Kier molecular flexibility index (Phi) is 6.49. The van der Waals surface area contributed by atoms with Crippen molar-refractivity contribution in [2.45, 2.75) is 13.1 Å². The van der Waals surface area contributed by atoms with Crippen molar-refractivity contribution in [3.05, 3.63) is 53.8 Å². The van der Waals surface area contributed by atoms with Gasteiger partial charge in [0, 0.05) is 5.56 Å². The number of carbonyl (C=O) groups is 2. The highest BCUT2D eigenvalue weighted by Crippen LogP contribution is 2.30. The first kappa shape index (κ1) is 19.9. The number of amides is 1. The van der Waals surface area contributed by atoms with E-state index in [0.29, 0.717) is 5.69 Å². The highest BCUT2D eigenvalue weighted by atomic mass is 19.4. The highest BCUT2D eigenvalue weighted by Gasteiger charge is 2.38. The molecule has 0 atom stereocenters. The molecule has 0 saturated heterocycles. The SMILES string of the molecule is Cc1cccc(-c2ccc(F)cc2)c1NC(=O)O.O=C(O)C(F)(F)F. The van der Waals surface area contributed by atoms with Gasteiger partial charge < -0.3 is 10.2 Å². The van der Waals surface area contributed by atoms with E-state index < -0.39 is 18.2 Å². The minimum absolute atomic E-state index is 0.320. The molecule has 0 aliphatic carbocycles. The van der Waals surface area contributed by atoms with Crippen LogP contribution < -0.4 is 5.32 Å². The average Bonchev–Trinajstić information content (AvgIpc) is 2.49. The molecule has 134 valence electrons. The summed E-state index contributed by atoms with van der Waals surface area (Å²) >= 11 is 0. The molecular weight excluding hydrogens is 346 g/mol. The lowest BCUT2D eigenvalue weighted by Gasteiger charge is -2.12. The van der Waals surface area contributed by atoms with Gasteiger partial charge in [-0.05, 0) is 30.2 Å². The summed E-state index contributed by atoms with van der Waals surface area (Å²) in [7, 11) is 0. The molecule has 0 bridgehead atoms. The lowest BCUT2D eigenvalue weighted by molar-refractivity contribution is -0.192. The van der Waals surface area contributed by atoms with E-state index in [1.807, 2.05) is 19.1 Å². The zero-order valence-corrected chi connectivity index (χ0v) is 12.8. The molecule has 0 aromatic heterocycles. The zero-order valence-electron chi connectivity index (χ0n) is 12.8. The van der Waals surface area contributed by atoms with Crippen LogP contribution in [0.3, 0.4) is 0 Å². The molecule has 2 rings (SSSR count). The molecule has 5 nitrogen and oxygen atoms in total. The number of halogens is 4. The first-order valence-electron chi connectivity index (χ1n) is 6.68. The Morgan fingerprint density at radius 3 is 1.96 bits per heavy atom. The van der Waals surface area contributed by atoms with Crippen molar-refractivity contribution < 1.29 is 37.4 Å². The maximum absolute atomic E-state index is 12.9. The molecule has 0 fully saturated rings. The van der Waals surface area contributed by atoms with Crippen LogP contribution in [0.4, 0.5) is 28.0 Å². The molecule has 0 radical (unpaired) electrons. The lowest BCUT2D eigenvalue weighted by atomic mass is 10.0. The van der Waals surface area contributed by atoms with Gasteiger partial charge in [-0.25, -0.2) is 14.0 Å². The monoisotopic (exact) mass is 359 g/mol. The summed E-state index contributed by atoms with van der Waals surface area (Å²) in [4.78, 5) is 19.7. The van der Waals surface area contributed by atoms with Crippen molar-refractivity contribution in [3.8, 4) is 11.1 Å². The van der Waals surface area contributed by atoms with E-state index >= 15 is 0 Å². The summed E-state index contributed by atoms with van der Waals surface area (Å²) < 4.78 is 44.6. The molecule has 2 aromatic carbocycles. The Bertz CT molecular complexity index is 758. The molecule has 0 unspecified atom stereocenters. The topological polar surface area (TPSA) is 86.6 Å². The second kappa shape index (κ2) is 8.13. The van der Waals surface area contributed by atoms with Crippen LogP contribution in [0.25, 0.3) is 11.1 Å². The van der Waals surface area contributed by atoms with E-state index in [1.54, 1.807) is 18.2 Å². The predicted octanol–water partition coefficient (Wildman–Crippen LogP) is 4.52. The van der Waals surface area contributed by atoms with E-state index in [9.17, 15) is 22.4 Å². The fourth-order valence-electron chi connectivity index (χ4n) is 1.81. The molecular formula is C16H13F4NO4. The highest BCUT2D eigenvalue weighted by molar-refractivity contribution is 5.92. The van der Waals surface area contributed by atoms with Crippen LogP contribution in [0, 0.1) is 12.7 Å². The first-order valence-corrected chi connectivity index (χ1v) is 6.68. The Labute approximate surface area is 139 Å². The predicted molar refractivity (Wildman–Crippen MR) is 81.9 cm³/mol. The number of para-hydroxylation sites is 1. The Hall–Kier alpha value is -3.10. The standard InChI is InChI=1S/C14H12FNO2.C2HF3O2/c1-9-3-2-4-12(13(9)16-14(17)18)10-5-7-11(15)8-6-10;3-2(4,5)1(6)7/h2-8,16H,1H3,(H,17,18);(H,6,7). The van der Waals surface area contributed by atoms with Gasteiger partial charge in [-0.1, -0.05) is 30.3 Å². The van der Waals surface area contributed by atoms with Crippen LogP contribution in [-0.4, -0.2) is 28.5 Å². The zero-order chi connectivity index (χ0) is 19.2. The fourth-order valence-corrected chi connectivity index (χ4v) is 1.81. The summed E-state index contributed by atoms with van der Waals surface area (Å²) in [5.41, 5.74) is 2.84. The van der Waals surface area contributed by atoms with Gasteiger partial charge in [0.2, 0.25) is 0 Å². The third-order valence-electron chi connectivity index (χ3n) is 2.90. The number of alkyl halides is 3. The molecule has 0 spiro atoms. The molecule has 1 amide bonds. The maximum atomic E-state index is 12.9. The van der Waals surface area contributed by atoms with Crippen molar-refractivity contribution in [2.75, 3.05) is 5.32 Å². The molecule has 0 saturated carbocycles. The van der Waals surface area contributed by atoms with Gasteiger partial charge in [0.1, 0.15) is 5.82 Å². The molecule has 9 heteroatoms. The van der Waals surface area contributed by atoms with Gasteiger partial charge >= 0.3 is 18.2 Å². The van der Waals surface area contributed by atoms with Crippen molar-refractivity contribution in [1.82, 2.24) is 0 Å². The minimum atomic E-state index is -5.08. The Balaban J connectivity index is 0.000000381. The van der Waals surface area contributed by atoms with Crippen LogP contribution in [0.5, 0.6) is 0 Å². The number of hydrogen-bond donors (Lipinski definition) is 3. The molecule has 3 N–H and O–H groups in total. The minimum Gasteiger partial charge on any atom is -0.475 e. The van der Waals surface area contributed by atoms with Crippen molar-refractivity contribution >= 4 is 17.7 Å². The summed E-state index contributed by atoms with van der Waals surface area (Å²) in [5, 5.41) is 18.3. The molecule has 0 aliphatic rings. The van der Waals surface area contributed by atoms with E-state index in [2.05, 4.69) is 5.32 Å². The van der Waals surface area contributed by atoms with E-state index in [4.69, 9.17) is 15.0 Å². The van der Waals surface area contributed by atoms with Gasteiger partial charge in [0.15, 0.2) is 0 Å². The number of carboxylic acid groups (broad SMARTS) is 2. The average molecular weight is 359 g/mol. The quantitative estimate of drug-likeness (QED) is 0.688. The normalized spacial score (nSPS) is 10.4. The third-order valence-corrected chi connectivity index (χ3v) is 2.90. The number of anilines is 1. The number of hydrogen-bond acceptors (Lipinski definition) is 2. The van der Waals surface area contributed by atoms with E-state index in [0.717, 1.165) is 16.7 Å². The van der Waals surface area contributed by atoms with E-state index in [-0.39, 0.29) is 5.82 Å². The third kappa shape index (κ3) is 6.13. The fraction of sp³-hybridized carbons (Fsp3) is 0.125. The Morgan fingerprint density at radius 2 is 1.52 bits per heavy atom. The van der Waals surface area contributed by atoms with Crippen LogP contribution in [0.1, 0.15) is 5.56 Å². The summed E-state index contributed by atoms with van der Waals surface area (Å²) in [5.74, 6) is -3.08. The van der Waals surface area contributed by atoms with Crippen LogP contribution in [0.2, 0.25) is 0 Å². The number of carboxylic acids is 1. The van der Waals surface area contributed by atoms with Gasteiger partial charge in [-0.3, -0.25) is 5.32 Å². The lowest BCUT2D eigenvalue weighted by Crippen LogP contribution is -2.21. The van der Waals surface area contributed by atoms with Crippen LogP contribution in [0.15, 0.2) is 42.5 Å².